The van der Waals surface area contributed by atoms with Gasteiger partial charge in [-0.1, -0.05) is 11.6 Å². The number of pyridine rings is 1. The monoisotopic (exact) mass is 204 g/mol. The molecule has 1 aromatic heterocycles. The van der Waals surface area contributed by atoms with Crippen LogP contribution in [-0.2, 0) is 0 Å². The first-order valence-electron chi connectivity index (χ1n) is 3.17. The maximum atomic E-state index is 10.2. The van der Waals surface area contributed by atoms with Crippen LogP contribution in [0, 0.1) is 10.1 Å². The van der Waals surface area contributed by atoms with Gasteiger partial charge in [0.05, 0.1) is 0 Å². The SMILES string of the molecule is O=[N+]([O-])c1ncc(OCCl)cc1O. The second-order valence-corrected chi connectivity index (χ2v) is 2.24. The molecule has 6 nitrogen and oxygen atoms in total. The average Bonchev–Trinajstić information content (AvgIpc) is 2.04. The summed E-state index contributed by atoms with van der Waals surface area (Å²) in [6, 6.07) is 0.965. The highest BCUT2D eigenvalue weighted by atomic mass is 35.5. The van der Waals surface area contributed by atoms with Gasteiger partial charge in [0, 0.05) is 6.07 Å². The van der Waals surface area contributed by atoms with Gasteiger partial charge in [0.2, 0.25) is 5.75 Å². The third kappa shape index (κ3) is 2.19. The van der Waals surface area contributed by atoms with Crippen LogP contribution < -0.4 is 4.74 Å². The number of aromatic hydroxyl groups is 1. The minimum Gasteiger partial charge on any atom is -0.501 e. The molecule has 70 valence electrons. The maximum Gasteiger partial charge on any atom is 0.406 e. The molecule has 0 fully saturated rings. The lowest BCUT2D eigenvalue weighted by Crippen LogP contribution is -1.94. The third-order valence-corrected chi connectivity index (χ3v) is 1.33. The Morgan fingerprint density at radius 1 is 1.77 bits per heavy atom. The number of halogens is 1. The van der Waals surface area contributed by atoms with Gasteiger partial charge < -0.3 is 20.0 Å². The summed E-state index contributed by atoms with van der Waals surface area (Å²) in [4.78, 5) is 12.8. The van der Waals surface area contributed by atoms with Gasteiger partial charge in [-0.05, 0) is 9.91 Å². The van der Waals surface area contributed by atoms with Crippen LogP contribution in [0.15, 0.2) is 12.3 Å². The molecular formula is C6H5ClN2O4. The first kappa shape index (κ1) is 9.53. The van der Waals surface area contributed by atoms with Crippen LogP contribution in [0.4, 0.5) is 5.82 Å². The van der Waals surface area contributed by atoms with E-state index in [2.05, 4.69) is 4.98 Å². The summed E-state index contributed by atoms with van der Waals surface area (Å²) in [7, 11) is 0. The third-order valence-electron chi connectivity index (χ3n) is 1.22. The number of nitro groups is 1. The number of rotatable bonds is 3. The molecule has 1 heterocycles. The number of nitrogens with zero attached hydrogens (tertiary/aromatic N) is 2. The van der Waals surface area contributed by atoms with Gasteiger partial charge in [-0.25, -0.2) is 0 Å². The summed E-state index contributed by atoms with van der Waals surface area (Å²) in [6.45, 7) is 0. The summed E-state index contributed by atoms with van der Waals surface area (Å²) in [5.74, 6) is -0.979. The van der Waals surface area contributed by atoms with Crippen LogP contribution in [0.5, 0.6) is 11.5 Å². The number of ether oxygens (including phenoxy) is 1. The Labute approximate surface area is 77.9 Å². The van der Waals surface area contributed by atoms with E-state index in [1.54, 1.807) is 0 Å². The molecule has 0 bridgehead atoms. The highest BCUT2D eigenvalue weighted by Gasteiger charge is 2.15. The van der Waals surface area contributed by atoms with E-state index in [4.69, 9.17) is 21.4 Å². The van der Waals surface area contributed by atoms with Gasteiger partial charge in [0.25, 0.3) is 0 Å². The van der Waals surface area contributed by atoms with Crippen molar-refractivity contribution in [3.05, 3.63) is 22.4 Å². The zero-order valence-corrected chi connectivity index (χ0v) is 7.06. The second kappa shape index (κ2) is 3.90. The highest BCUT2D eigenvalue weighted by Crippen LogP contribution is 2.26. The fraction of sp³-hybridized carbons (Fsp3) is 0.167. The standard InChI is InChI=1S/C6H5ClN2O4/c7-3-13-4-1-5(10)6(8-2-4)9(11)12/h1-2,10H,3H2. The zero-order chi connectivity index (χ0) is 9.84. The topological polar surface area (TPSA) is 85.5 Å². The van der Waals surface area contributed by atoms with Gasteiger partial charge in [-0.15, -0.1) is 0 Å². The molecule has 1 rings (SSSR count). The molecule has 0 amide bonds. The van der Waals surface area contributed by atoms with E-state index in [0.717, 1.165) is 12.3 Å². The molecule has 0 radical (unpaired) electrons. The molecule has 13 heavy (non-hydrogen) atoms. The van der Waals surface area contributed by atoms with Crippen molar-refractivity contribution >= 4 is 17.4 Å². The fourth-order valence-corrected chi connectivity index (χ4v) is 0.836. The van der Waals surface area contributed by atoms with Crippen LogP contribution in [-0.4, -0.2) is 21.1 Å². The van der Waals surface area contributed by atoms with Gasteiger partial charge in [0.15, 0.2) is 18.0 Å². The van der Waals surface area contributed by atoms with Crippen molar-refractivity contribution in [3.8, 4) is 11.5 Å². The van der Waals surface area contributed by atoms with E-state index in [1.165, 1.54) is 0 Å². The minimum absolute atomic E-state index is 0.112. The lowest BCUT2D eigenvalue weighted by Gasteiger charge is -1.99. The van der Waals surface area contributed by atoms with Crippen molar-refractivity contribution < 1.29 is 14.8 Å². The van der Waals surface area contributed by atoms with Crippen molar-refractivity contribution in [2.45, 2.75) is 0 Å². The van der Waals surface area contributed by atoms with Gasteiger partial charge in [0.1, 0.15) is 0 Å². The Morgan fingerprint density at radius 3 is 2.92 bits per heavy atom. The molecule has 0 unspecified atom stereocenters. The summed E-state index contributed by atoms with van der Waals surface area (Å²) < 4.78 is 4.74. The molecule has 1 N–H and O–H groups in total. The van der Waals surface area contributed by atoms with Crippen molar-refractivity contribution in [1.82, 2.24) is 4.98 Å². The van der Waals surface area contributed by atoms with Crippen molar-refractivity contribution in [1.29, 1.82) is 0 Å². The summed E-state index contributed by atoms with van der Waals surface area (Å²) >= 11 is 5.23. The molecule has 0 aliphatic rings. The van der Waals surface area contributed by atoms with Crippen LogP contribution in [0.1, 0.15) is 0 Å². The first-order chi connectivity index (χ1) is 6.15. The molecule has 0 saturated carbocycles. The lowest BCUT2D eigenvalue weighted by molar-refractivity contribution is -0.390. The molecule has 0 aliphatic carbocycles. The zero-order valence-electron chi connectivity index (χ0n) is 6.31. The highest BCUT2D eigenvalue weighted by molar-refractivity contribution is 6.17. The Bertz CT molecular complexity index is 330. The van der Waals surface area contributed by atoms with Crippen molar-refractivity contribution in [3.63, 3.8) is 0 Å². The number of hydrogen-bond acceptors (Lipinski definition) is 5. The van der Waals surface area contributed by atoms with E-state index in [9.17, 15) is 10.1 Å². The number of hydrogen-bond donors (Lipinski definition) is 1. The van der Waals surface area contributed by atoms with Crippen LogP contribution in [0.25, 0.3) is 0 Å². The summed E-state index contributed by atoms with van der Waals surface area (Å²) in [6.07, 6.45) is 1.11. The Balaban J connectivity index is 2.98. The van der Waals surface area contributed by atoms with E-state index in [1.807, 2.05) is 0 Å². The van der Waals surface area contributed by atoms with Crippen molar-refractivity contribution in [2.75, 3.05) is 6.07 Å². The normalized spacial score (nSPS) is 9.62. The van der Waals surface area contributed by atoms with Crippen LogP contribution in [0.3, 0.4) is 0 Å². The first-order valence-corrected chi connectivity index (χ1v) is 3.70. The predicted octanol–water partition coefficient (Wildman–Crippen LogP) is 1.27. The molecule has 0 aliphatic heterocycles. The fourth-order valence-electron chi connectivity index (χ4n) is 0.710. The number of aromatic nitrogens is 1. The quantitative estimate of drug-likeness (QED) is 0.455. The predicted molar refractivity (Wildman–Crippen MR) is 43.9 cm³/mol. The molecule has 1 aromatic rings. The van der Waals surface area contributed by atoms with Crippen molar-refractivity contribution in [2.24, 2.45) is 0 Å². The van der Waals surface area contributed by atoms with E-state index >= 15 is 0 Å². The van der Waals surface area contributed by atoms with Gasteiger partial charge >= 0.3 is 5.82 Å². The minimum atomic E-state index is -0.792. The largest absolute Gasteiger partial charge is 0.501 e. The Hall–Kier alpha value is -1.56. The number of alkyl halides is 1. The molecule has 0 spiro atoms. The Kier molecular flexibility index (Phi) is 2.86. The Morgan fingerprint density at radius 2 is 2.46 bits per heavy atom. The maximum absolute atomic E-state index is 10.2. The van der Waals surface area contributed by atoms with Crippen LogP contribution >= 0.6 is 11.6 Å². The molecule has 0 aromatic carbocycles. The molecule has 7 heteroatoms. The van der Waals surface area contributed by atoms with E-state index in [0.29, 0.717) is 0 Å². The average molecular weight is 205 g/mol. The molecular weight excluding hydrogens is 200 g/mol. The van der Waals surface area contributed by atoms with Gasteiger partial charge in [-0.2, -0.15) is 0 Å². The summed E-state index contributed by atoms with van der Waals surface area (Å²) in [5.41, 5.74) is 0. The smallest absolute Gasteiger partial charge is 0.406 e. The van der Waals surface area contributed by atoms with Crippen LogP contribution in [0.2, 0.25) is 0 Å². The van der Waals surface area contributed by atoms with E-state index in [-0.39, 0.29) is 11.8 Å². The second-order valence-electron chi connectivity index (χ2n) is 2.02. The lowest BCUT2D eigenvalue weighted by atomic mass is 10.4. The summed E-state index contributed by atoms with van der Waals surface area (Å²) in [5, 5.41) is 19.3. The van der Waals surface area contributed by atoms with E-state index < -0.39 is 16.5 Å². The molecule has 0 saturated heterocycles. The van der Waals surface area contributed by atoms with Gasteiger partial charge in [-0.3, -0.25) is 0 Å². The molecule has 0 atom stereocenters.